The van der Waals surface area contributed by atoms with Gasteiger partial charge in [-0.3, -0.25) is 9.59 Å². The van der Waals surface area contributed by atoms with E-state index in [0.717, 1.165) is 6.42 Å². The molecule has 1 aliphatic rings. The fourth-order valence-electron chi connectivity index (χ4n) is 2.78. The number of nitrogens with one attached hydrogen (secondary N) is 2. The molecule has 1 aliphatic carbocycles. The molecule has 5 heteroatoms. The highest BCUT2D eigenvalue weighted by Crippen LogP contribution is 2.25. The highest BCUT2D eigenvalue weighted by molar-refractivity contribution is 5.86. The van der Waals surface area contributed by atoms with E-state index in [0.29, 0.717) is 25.2 Å². The smallest absolute Gasteiger partial charge is 0.242 e. The Hall–Kier alpha value is -1.10. The van der Waals surface area contributed by atoms with Crippen molar-refractivity contribution in [3.05, 3.63) is 0 Å². The van der Waals surface area contributed by atoms with Gasteiger partial charge in [0.15, 0.2) is 0 Å². The van der Waals surface area contributed by atoms with E-state index in [4.69, 9.17) is 4.74 Å². The summed E-state index contributed by atoms with van der Waals surface area (Å²) >= 11 is 0. The molecule has 2 amide bonds. The van der Waals surface area contributed by atoms with Gasteiger partial charge in [-0.1, -0.05) is 33.6 Å². The molecule has 0 aromatic carbocycles. The first-order chi connectivity index (χ1) is 9.91. The van der Waals surface area contributed by atoms with Crippen molar-refractivity contribution in [1.82, 2.24) is 10.6 Å². The number of ether oxygens (including phenoxy) is 1. The van der Waals surface area contributed by atoms with Crippen LogP contribution in [-0.4, -0.2) is 37.1 Å². The maximum atomic E-state index is 12.1. The summed E-state index contributed by atoms with van der Waals surface area (Å²) in [5.74, 6) is 0.349. The monoisotopic (exact) mass is 298 g/mol. The zero-order valence-corrected chi connectivity index (χ0v) is 13.8. The van der Waals surface area contributed by atoms with Gasteiger partial charge in [0.05, 0.1) is 12.7 Å². The SMILES string of the molecule is CC(=O)NC(C(=O)NCCOC1CCCCC1C)C(C)C. The van der Waals surface area contributed by atoms with E-state index in [1.165, 1.54) is 26.2 Å². The van der Waals surface area contributed by atoms with Crippen LogP contribution >= 0.6 is 0 Å². The van der Waals surface area contributed by atoms with Gasteiger partial charge in [-0.25, -0.2) is 0 Å². The van der Waals surface area contributed by atoms with Crippen molar-refractivity contribution in [2.45, 2.75) is 65.5 Å². The number of hydrogen-bond donors (Lipinski definition) is 2. The van der Waals surface area contributed by atoms with Gasteiger partial charge in [-0.05, 0) is 24.7 Å². The van der Waals surface area contributed by atoms with E-state index in [1.807, 2.05) is 13.8 Å². The summed E-state index contributed by atoms with van der Waals surface area (Å²) in [4.78, 5) is 23.2. The number of carbonyl (C=O) groups excluding carboxylic acids is 2. The third-order valence-electron chi connectivity index (χ3n) is 4.07. The van der Waals surface area contributed by atoms with Crippen LogP contribution in [-0.2, 0) is 14.3 Å². The Morgan fingerprint density at radius 1 is 1.24 bits per heavy atom. The molecule has 5 nitrogen and oxygen atoms in total. The van der Waals surface area contributed by atoms with Gasteiger partial charge in [0.1, 0.15) is 6.04 Å². The molecule has 1 saturated carbocycles. The molecule has 1 fully saturated rings. The van der Waals surface area contributed by atoms with E-state index in [-0.39, 0.29) is 17.7 Å². The molecule has 0 radical (unpaired) electrons. The van der Waals surface area contributed by atoms with Crippen LogP contribution in [0, 0.1) is 11.8 Å². The molecule has 0 saturated heterocycles. The van der Waals surface area contributed by atoms with E-state index in [1.54, 1.807) is 0 Å². The first-order valence-corrected chi connectivity index (χ1v) is 8.08. The Labute approximate surface area is 128 Å². The standard InChI is InChI=1S/C16H30N2O3/c1-11(2)15(18-13(4)19)16(20)17-9-10-21-14-8-6-5-7-12(14)3/h11-12,14-15H,5-10H2,1-4H3,(H,17,20)(H,18,19). The lowest BCUT2D eigenvalue weighted by Crippen LogP contribution is -2.49. The zero-order chi connectivity index (χ0) is 15.8. The summed E-state index contributed by atoms with van der Waals surface area (Å²) in [6.45, 7) is 8.52. The first kappa shape index (κ1) is 18.0. The van der Waals surface area contributed by atoms with Crippen molar-refractivity contribution in [3.63, 3.8) is 0 Å². The summed E-state index contributed by atoms with van der Waals surface area (Å²) in [6, 6.07) is -0.476. The molecule has 122 valence electrons. The van der Waals surface area contributed by atoms with Crippen molar-refractivity contribution in [2.75, 3.05) is 13.2 Å². The third-order valence-corrected chi connectivity index (χ3v) is 4.07. The topological polar surface area (TPSA) is 67.4 Å². The van der Waals surface area contributed by atoms with Gasteiger partial charge in [0.2, 0.25) is 11.8 Å². The van der Waals surface area contributed by atoms with Crippen molar-refractivity contribution in [2.24, 2.45) is 11.8 Å². The van der Waals surface area contributed by atoms with Gasteiger partial charge in [0.25, 0.3) is 0 Å². The normalized spacial score (nSPS) is 23.7. The Morgan fingerprint density at radius 3 is 2.48 bits per heavy atom. The van der Waals surface area contributed by atoms with Crippen LogP contribution in [0.1, 0.15) is 53.4 Å². The van der Waals surface area contributed by atoms with Crippen LogP contribution in [0.25, 0.3) is 0 Å². The number of rotatable bonds is 7. The first-order valence-electron chi connectivity index (χ1n) is 8.08. The number of carbonyl (C=O) groups is 2. The lowest BCUT2D eigenvalue weighted by atomic mass is 9.88. The molecule has 0 spiro atoms. The summed E-state index contributed by atoms with van der Waals surface area (Å²) in [6.07, 6.45) is 5.21. The van der Waals surface area contributed by atoms with Crippen LogP contribution in [0.4, 0.5) is 0 Å². The molecule has 0 heterocycles. The van der Waals surface area contributed by atoms with Gasteiger partial charge in [0, 0.05) is 13.5 Å². The van der Waals surface area contributed by atoms with Crippen LogP contribution < -0.4 is 10.6 Å². The summed E-state index contributed by atoms with van der Waals surface area (Å²) < 4.78 is 5.86. The molecule has 0 aromatic rings. The Balaban J connectivity index is 2.26. The lowest BCUT2D eigenvalue weighted by Gasteiger charge is -2.29. The molecule has 1 rings (SSSR count). The highest BCUT2D eigenvalue weighted by Gasteiger charge is 2.23. The molecular formula is C16H30N2O3. The fourth-order valence-corrected chi connectivity index (χ4v) is 2.78. The highest BCUT2D eigenvalue weighted by atomic mass is 16.5. The van der Waals surface area contributed by atoms with Gasteiger partial charge >= 0.3 is 0 Å². The van der Waals surface area contributed by atoms with Crippen LogP contribution in [0.5, 0.6) is 0 Å². The largest absolute Gasteiger partial charge is 0.376 e. The molecule has 0 aliphatic heterocycles. The molecule has 21 heavy (non-hydrogen) atoms. The van der Waals surface area contributed by atoms with Crippen molar-refractivity contribution in [1.29, 1.82) is 0 Å². The average Bonchev–Trinajstić information content (AvgIpc) is 2.42. The molecule has 3 unspecified atom stereocenters. The van der Waals surface area contributed by atoms with E-state index in [2.05, 4.69) is 17.6 Å². The minimum absolute atomic E-state index is 0.0631. The van der Waals surface area contributed by atoms with E-state index in [9.17, 15) is 9.59 Å². The minimum atomic E-state index is -0.476. The van der Waals surface area contributed by atoms with Gasteiger partial charge in [-0.2, -0.15) is 0 Å². The zero-order valence-electron chi connectivity index (χ0n) is 13.8. The average molecular weight is 298 g/mol. The second-order valence-corrected chi connectivity index (χ2v) is 6.38. The second-order valence-electron chi connectivity index (χ2n) is 6.38. The predicted molar refractivity (Wildman–Crippen MR) is 82.8 cm³/mol. The van der Waals surface area contributed by atoms with E-state index < -0.39 is 6.04 Å². The number of amides is 2. The Kier molecular flexibility index (Phi) is 7.72. The van der Waals surface area contributed by atoms with Crippen molar-refractivity contribution in [3.8, 4) is 0 Å². The quantitative estimate of drug-likeness (QED) is 0.705. The van der Waals surface area contributed by atoms with Crippen molar-refractivity contribution < 1.29 is 14.3 Å². The second kappa shape index (κ2) is 9.03. The maximum absolute atomic E-state index is 12.1. The van der Waals surface area contributed by atoms with Crippen LogP contribution in [0.3, 0.4) is 0 Å². The summed E-state index contributed by atoms with van der Waals surface area (Å²) in [5.41, 5.74) is 0. The van der Waals surface area contributed by atoms with Crippen molar-refractivity contribution >= 4 is 11.8 Å². The lowest BCUT2D eigenvalue weighted by molar-refractivity contribution is -0.129. The number of hydrogen-bond acceptors (Lipinski definition) is 3. The maximum Gasteiger partial charge on any atom is 0.242 e. The van der Waals surface area contributed by atoms with Gasteiger partial charge in [-0.15, -0.1) is 0 Å². The molecule has 0 bridgehead atoms. The molecule has 3 atom stereocenters. The van der Waals surface area contributed by atoms with Gasteiger partial charge < -0.3 is 15.4 Å². The Bertz CT molecular complexity index is 344. The fraction of sp³-hybridized carbons (Fsp3) is 0.875. The molecule has 2 N–H and O–H groups in total. The van der Waals surface area contributed by atoms with E-state index >= 15 is 0 Å². The summed E-state index contributed by atoms with van der Waals surface area (Å²) in [7, 11) is 0. The third kappa shape index (κ3) is 6.46. The summed E-state index contributed by atoms with van der Waals surface area (Å²) in [5, 5.41) is 5.53. The van der Waals surface area contributed by atoms with Crippen LogP contribution in [0.15, 0.2) is 0 Å². The Morgan fingerprint density at radius 2 is 1.90 bits per heavy atom. The predicted octanol–water partition coefficient (Wildman–Crippen LogP) is 1.86. The molecule has 0 aromatic heterocycles. The molecular weight excluding hydrogens is 268 g/mol. The van der Waals surface area contributed by atoms with Crippen LogP contribution in [0.2, 0.25) is 0 Å². The minimum Gasteiger partial charge on any atom is -0.376 e.